The van der Waals surface area contributed by atoms with Crippen LogP contribution in [0.15, 0.2) is 24.3 Å². The van der Waals surface area contributed by atoms with Crippen molar-refractivity contribution < 1.29 is 9.47 Å². The van der Waals surface area contributed by atoms with E-state index in [-0.39, 0.29) is 0 Å². The molecule has 0 amide bonds. The van der Waals surface area contributed by atoms with Gasteiger partial charge in [0.1, 0.15) is 12.4 Å². The van der Waals surface area contributed by atoms with Crippen LogP contribution in [0.4, 0.5) is 0 Å². The Morgan fingerprint density at radius 3 is 2.38 bits per heavy atom. The van der Waals surface area contributed by atoms with Gasteiger partial charge in [0.05, 0.1) is 13.2 Å². The second-order valence-electron chi connectivity index (χ2n) is 3.72. The van der Waals surface area contributed by atoms with E-state index in [9.17, 15) is 0 Å². The number of nitrogens with zero attached hydrogens (tertiary/aromatic N) is 1. The van der Waals surface area contributed by atoms with Crippen molar-refractivity contribution in [3.63, 3.8) is 0 Å². The highest BCUT2D eigenvalue weighted by atomic mass is 35.5. The summed E-state index contributed by atoms with van der Waals surface area (Å²) in [5.74, 6) is 0.820. The van der Waals surface area contributed by atoms with Crippen molar-refractivity contribution in [3.8, 4) is 5.75 Å². The van der Waals surface area contributed by atoms with Crippen molar-refractivity contribution in [3.05, 3.63) is 29.3 Å². The Labute approximate surface area is 102 Å². The maximum atomic E-state index is 5.76. The quantitative estimate of drug-likeness (QED) is 0.686. The zero-order valence-electron chi connectivity index (χ0n) is 9.78. The normalized spacial score (nSPS) is 10.8. The molecule has 0 aliphatic rings. The Morgan fingerprint density at radius 2 is 1.75 bits per heavy atom. The molecule has 0 aliphatic carbocycles. The van der Waals surface area contributed by atoms with Crippen LogP contribution >= 0.6 is 11.6 Å². The first-order valence-corrected chi connectivity index (χ1v) is 5.67. The van der Waals surface area contributed by atoms with E-state index in [0.29, 0.717) is 13.2 Å². The minimum absolute atomic E-state index is 0.565. The molecule has 0 heterocycles. The molecule has 4 heteroatoms. The van der Waals surface area contributed by atoms with Gasteiger partial charge in [-0.05, 0) is 38.4 Å². The van der Waals surface area contributed by atoms with Crippen molar-refractivity contribution in [2.45, 2.75) is 0 Å². The molecule has 0 N–H and O–H groups in total. The third kappa shape index (κ3) is 5.95. The first kappa shape index (κ1) is 13.3. The molecule has 0 saturated heterocycles. The van der Waals surface area contributed by atoms with Gasteiger partial charge in [-0.2, -0.15) is 0 Å². The summed E-state index contributed by atoms with van der Waals surface area (Å²) >= 11 is 5.76. The summed E-state index contributed by atoms with van der Waals surface area (Å²) in [6.45, 7) is 2.84. The van der Waals surface area contributed by atoms with Gasteiger partial charge in [0.25, 0.3) is 0 Å². The summed E-state index contributed by atoms with van der Waals surface area (Å²) in [6, 6.07) is 7.32. The third-order valence-corrected chi connectivity index (χ3v) is 2.24. The van der Waals surface area contributed by atoms with E-state index in [2.05, 4.69) is 4.90 Å². The van der Waals surface area contributed by atoms with Crippen LogP contribution in [0.1, 0.15) is 0 Å². The molecular weight excluding hydrogens is 226 g/mol. The predicted octanol–water partition coefficient (Wildman–Crippen LogP) is 2.30. The minimum atomic E-state index is 0.565. The summed E-state index contributed by atoms with van der Waals surface area (Å²) in [5, 5.41) is 0.717. The fourth-order valence-electron chi connectivity index (χ4n) is 1.10. The standard InChI is InChI=1S/C12H18ClNO2/c1-14(2)7-8-15-9-10-16-12-5-3-11(13)4-6-12/h3-6H,7-10H2,1-2H3. The van der Waals surface area contributed by atoms with Crippen LogP contribution in [0.25, 0.3) is 0 Å². The molecule has 0 aromatic heterocycles. The molecule has 0 radical (unpaired) electrons. The molecule has 90 valence electrons. The lowest BCUT2D eigenvalue weighted by molar-refractivity contribution is 0.0890. The van der Waals surface area contributed by atoms with Gasteiger partial charge in [-0.25, -0.2) is 0 Å². The zero-order valence-corrected chi connectivity index (χ0v) is 10.5. The molecule has 0 atom stereocenters. The van der Waals surface area contributed by atoms with E-state index in [4.69, 9.17) is 21.1 Å². The predicted molar refractivity (Wildman–Crippen MR) is 66.3 cm³/mol. The Kier molecular flexibility index (Phi) is 6.23. The van der Waals surface area contributed by atoms with E-state index in [1.54, 1.807) is 0 Å². The molecule has 0 bridgehead atoms. The maximum Gasteiger partial charge on any atom is 0.119 e. The lowest BCUT2D eigenvalue weighted by Gasteiger charge is -2.10. The fraction of sp³-hybridized carbons (Fsp3) is 0.500. The van der Waals surface area contributed by atoms with Crippen LogP contribution in [0.3, 0.4) is 0 Å². The minimum Gasteiger partial charge on any atom is -0.491 e. The van der Waals surface area contributed by atoms with Gasteiger partial charge in [-0.15, -0.1) is 0 Å². The first-order valence-electron chi connectivity index (χ1n) is 5.29. The van der Waals surface area contributed by atoms with Crippen LogP contribution in [0, 0.1) is 0 Å². The van der Waals surface area contributed by atoms with E-state index in [1.807, 2.05) is 38.4 Å². The number of hydrogen-bond donors (Lipinski definition) is 0. The number of rotatable bonds is 7. The highest BCUT2D eigenvalue weighted by Crippen LogP contribution is 2.15. The number of halogens is 1. The van der Waals surface area contributed by atoms with Crippen LogP contribution < -0.4 is 4.74 Å². The average molecular weight is 244 g/mol. The number of likely N-dealkylation sites (N-methyl/N-ethyl adjacent to an activating group) is 1. The Balaban J connectivity index is 2.05. The molecule has 0 fully saturated rings. The van der Waals surface area contributed by atoms with E-state index < -0.39 is 0 Å². The van der Waals surface area contributed by atoms with Crippen LogP contribution in [-0.2, 0) is 4.74 Å². The maximum absolute atomic E-state index is 5.76. The highest BCUT2D eigenvalue weighted by molar-refractivity contribution is 6.30. The molecule has 0 spiro atoms. The van der Waals surface area contributed by atoms with Gasteiger partial charge in [0.15, 0.2) is 0 Å². The topological polar surface area (TPSA) is 21.7 Å². The Morgan fingerprint density at radius 1 is 1.06 bits per heavy atom. The van der Waals surface area contributed by atoms with Crippen molar-refractivity contribution in [1.82, 2.24) is 4.90 Å². The summed E-state index contributed by atoms with van der Waals surface area (Å²) in [6.07, 6.45) is 0. The van der Waals surface area contributed by atoms with E-state index >= 15 is 0 Å². The average Bonchev–Trinajstić information content (AvgIpc) is 2.25. The smallest absolute Gasteiger partial charge is 0.119 e. The number of hydrogen-bond acceptors (Lipinski definition) is 3. The highest BCUT2D eigenvalue weighted by Gasteiger charge is 1.94. The molecule has 3 nitrogen and oxygen atoms in total. The Hall–Kier alpha value is -0.770. The SMILES string of the molecule is CN(C)CCOCCOc1ccc(Cl)cc1. The second-order valence-corrected chi connectivity index (χ2v) is 4.15. The molecule has 1 aromatic carbocycles. The Bertz CT molecular complexity index is 288. The van der Waals surface area contributed by atoms with E-state index in [0.717, 1.165) is 23.9 Å². The summed E-state index contributed by atoms with van der Waals surface area (Å²) in [7, 11) is 4.04. The van der Waals surface area contributed by atoms with Crippen LogP contribution in [-0.4, -0.2) is 45.4 Å². The molecule has 1 aromatic rings. The summed E-state index contributed by atoms with van der Waals surface area (Å²) in [5.41, 5.74) is 0. The van der Waals surface area contributed by atoms with Crippen molar-refractivity contribution >= 4 is 11.6 Å². The lowest BCUT2D eigenvalue weighted by Crippen LogP contribution is -2.19. The molecule has 0 unspecified atom stereocenters. The molecular formula is C12H18ClNO2. The molecule has 0 saturated carbocycles. The lowest BCUT2D eigenvalue weighted by atomic mass is 10.3. The molecule has 16 heavy (non-hydrogen) atoms. The third-order valence-electron chi connectivity index (χ3n) is 1.99. The summed E-state index contributed by atoms with van der Waals surface area (Å²) in [4.78, 5) is 2.08. The largest absolute Gasteiger partial charge is 0.491 e. The number of benzene rings is 1. The fourth-order valence-corrected chi connectivity index (χ4v) is 1.22. The van der Waals surface area contributed by atoms with Crippen LogP contribution in [0.5, 0.6) is 5.75 Å². The second kappa shape index (κ2) is 7.49. The monoisotopic (exact) mass is 243 g/mol. The van der Waals surface area contributed by atoms with Gasteiger partial charge in [-0.1, -0.05) is 11.6 Å². The summed E-state index contributed by atoms with van der Waals surface area (Å²) < 4.78 is 10.9. The van der Waals surface area contributed by atoms with Gasteiger partial charge in [-0.3, -0.25) is 0 Å². The van der Waals surface area contributed by atoms with Crippen molar-refractivity contribution in [1.29, 1.82) is 0 Å². The van der Waals surface area contributed by atoms with E-state index in [1.165, 1.54) is 0 Å². The van der Waals surface area contributed by atoms with Crippen molar-refractivity contribution in [2.75, 3.05) is 40.5 Å². The molecule has 0 aliphatic heterocycles. The van der Waals surface area contributed by atoms with Crippen LogP contribution in [0.2, 0.25) is 5.02 Å². The number of ether oxygens (including phenoxy) is 2. The van der Waals surface area contributed by atoms with Gasteiger partial charge >= 0.3 is 0 Å². The van der Waals surface area contributed by atoms with Gasteiger partial charge in [0, 0.05) is 11.6 Å². The first-order chi connectivity index (χ1) is 7.68. The van der Waals surface area contributed by atoms with Crippen molar-refractivity contribution in [2.24, 2.45) is 0 Å². The zero-order chi connectivity index (χ0) is 11.8. The van der Waals surface area contributed by atoms with Gasteiger partial charge in [0.2, 0.25) is 0 Å². The molecule has 1 rings (SSSR count). The van der Waals surface area contributed by atoms with Gasteiger partial charge < -0.3 is 14.4 Å².